The second-order valence-electron chi connectivity index (χ2n) is 5.62. The van der Waals surface area contributed by atoms with Gasteiger partial charge in [0.15, 0.2) is 0 Å². The summed E-state index contributed by atoms with van der Waals surface area (Å²) in [6.45, 7) is 0. The van der Waals surface area contributed by atoms with Crippen LogP contribution in [-0.2, 0) is 14.9 Å². The lowest BCUT2D eigenvalue weighted by Gasteiger charge is -2.21. The second-order valence-corrected chi connectivity index (χ2v) is 7.05. The minimum Gasteiger partial charge on any atom is -0.387 e. The van der Waals surface area contributed by atoms with Gasteiger partial charge in [-0.2, -0.15) is 13.7 Å². The number of benzene rings is 1. The maximum Gasteiger partial charge on any atom is 0.294 e. The highest BCUT2D eigenvalue weighted by Gasteiger charge is 2.14. The normalized spacial score (nSPS) is 16.2. The molecule has 1 amide bonds. The van der Waals surface area contributed by atoms with Gasteiger partial charge in [-0.15, -0.1) is 0 Å². The quantitative estimate of drug-likeness (QED) is 0.426. The summed E-state index contributed by atoms with van der Waals surface area (Å²) in [4.78, 5) is 11.8. The fourth-order valence-electron chi connectivity index (χ4n) is 2.53. The Kier molecular flexibility index (Phi) is 5.95. The highest BCUT2D eigenvalue weighted by molar-refractivity contribution is 7.85. The lowest BCUT2D eigenvalue weighted by Crippen LogP contribution is -2.28. The SMILES string of the molecule is N#C/C(=C/NC1CCCCC1)C(=O)Nc1ccc(S(=O)(=O)O)cc1. The minimum atomic E-state index is -4.28. The maximum absolute atomic E-state index is 12.1. The van der Waals surface area contributed by atoms with Gasteiger partial charge in [0.05, 0.1) is 4.90 Å². The fourth-order valence-corrected chi connectivity index (χ4v) is 3.01. The molecule has 1 saturated carbocycles. The molecule has 0 spiro atoms. The van der Waals surface area contributed by atoms with Crippen molar-refractivity contribution in [1.82, 2.24) is 5.32 Å². The summed E-state index contributed by atoms with van der Waals surface area (Å²) in [7, 11) is -4.28. The average molecular weight is 349 g/mol. The Bertz CT molecular complexity index is 758. The molecule has 128 valence electrons. The lowest BCUT2D eigenvalue weighted by atomic mass is 9.96. The van der Waals surface area contributed by atoms with Crippen molar-refractivity contribution in [3.63, 3.8) is 0 Å². The second kappa shape index (κ2) is 7.95. The van der Waals surface area contributed by atoms with Crippen LogP contribution in [0, 0.1) is 11.3 Å². The van der Waals surface area contributed by atoms with E-state index in [-0.39, 0.29) is 16.5 Å². The van der Waals surface area contributed by atoms with Crippen molar-refractivity contribution in [2.75, 3.05) is 5.32 Å². The van der Waals surface area contributed by atoms with Crippen molar-refractivity contribution >= 4 is 21.7 Å². The van der Waals surface area contributed by atoms with E-state index >= 15 is 0 Å². The molecule has 0 bridgehead atoms. The number of nitrogens with one attached hydrogen (secondary N) is 2. The van der Waals surface area contributed by atoms with E-state index in [0.717, 1.165) is 25.7 Å². The highest BCUT2D eigenvalue weighted by Crippen LogP contribution is 2.18. The average Bonchev–Trinajstić information content (AvgIpc) is 2.56. The number of amides is 1. The van der Waals surface area contributed by atoms with Crippen LogP contribution in [0.25, 0.3) is 0 Å². The summed E-state index contributed by atoms with van der Waals surface area (Å²) in [5.41, 5.74) is 0.269. The van der Waals surface area contributed by atoms with Gasteiger partial charge in [-0.05, 0) is 37.1 Å². The van der Waals surface area contributed by atoms with E-state index < -0.39 is 16.0 Å². The molecule has 0 aromatic heterocycles. The molecule has 1 fully saturated rings. The van der Waals surface area contributed by atoms with Crippen LogP contribution in [0.5, 0.6) is 0 Å². The molecule has 0 radical (unpaired) electrons. The number of carbonyl (C=O) groups is 1. The Labute approximate surface area is 141 Å². The van der Waals surface area contributed by atoms with Crippen LogP contribution in [0.15, 0.2) is 40.9 Å². The van der Waals surface area contributed by atoms with Crippen LogP contribution in [0.4, 0.5) is 5.69 Å². The zero-order valence-electron chi connectivity index (χ0n) is 13.0. The molecule has 7 nitrogen and oxygen atoms in total. The predicted molar refractivity (Wildman–Crippen MR) is 88.6 cm³/mol. The van der Waals surface area contributed by atoms with Crippen LogP contribution in [0.1, 0.15) is 32.1 Å². The molecule has 0 unspecified atom stereocenters. The van der Waals surface area contributed by atoms with Crippen molar-refractivity contribution in [3.05, 3.63) is 36.0 Å². The summed E-state index contributed by atoms with van der Waals surface area (Å²) in [6, 6.07) is 7.14. The van der Waals surface area contributed by atoms with E-state index in [9.17, 15) is 13.2 Å². The zero-order chi connectivity index (χ0) is 17.6. The molecule has 8 heteroatoms. The summed E-state index contributed by atoms with van der Waals surface area (Å²) < 4.78 is 30.8. The third-order valence-electron chi connectivity index (χ3n) is 3.84. The van der Waals surface area contributed by atoms with Crippen molar-refractivity contribution in [2.45, 2.75) is 43.0 Å². The Morgan fingerprint density at radius 1 is 1.21 bits per heavy atom. The maximum atomic E-state index is 12.1. The molecule has 2 rings (SSSR count). The molecule has 0 aliphatic heterocycles. The third-order valence-corrected chi connectivity index (χ3v) is 4.71. The first kappa shape index (κ1) is 18.0. The van der Waals surface area contributed by atoms with Gasteiger partial charge in [-0.1, -0.05) is 19.3 Å². The smallest absolute Gasteiger partial charge is 0.294 e. The molecule has 24 heavy (non-hydrogen) atoms. The Morgan fingerprint density at radius 2 is 1.83 bits per heavy atom. The van der Waals surface area contributed by atoms with Gasteiger partial charge in [-0.3, -0.25) is 9.35 Å². The first-order chi connectivity index (χ1) is 11.4. The summed E-state index contributed by atoms with van der Waals surface area (Å²) >= 11 is 0. The summed E-state index contributed by atoms with van der Waals surface area (Å²) in [6.07, 6.45) is 6.96. The molecule has 0 heterocycles. The molecule has 1 aromatic rings. The highest BCUT2D eigenvalue weighted by atomic mass is 32.2. The largest absolute Gasteiger partial charge is 0.387 e. The van der Waals surface area contributed by atoms with E-state index in [0.29, 0.717) is 5.69 Å². The van der Waals surface area contributed by atoms with Crippen molar-refractivity contribution < 1.29 is 17.8 Å². The Morgan fingerprint density at radius 3 is 2.38 bits per heavy atom. The van der Waals surface area contributed by atoms with Gasteiger partial charge in [0.2, 0.25) is 0 Å². The molecule has 1 aliphatic carbocycles. The number of nitriles is 1. The van der Waals surface area contributed by atoms with Crippen molar-refractivity contribution in [2.24, 2.45) is 0 Å². The lowest BCUT2D eigenvalue weighted by molar-refractivity contribution is -0.112. The number of rotatable bonds is 5. The first-order valence-electron chi connectivity index (χ1n) is 7.65. The summed E-state index contributed by atoms with van der Waals surface area (Å²) in [5.74, 6) is -0.583. The fraction of sp³-hybridized carbons (Fsp3) is 0.375. The van der Waals surface area contributed by atoms with E-state index in [2.05, 4.69) is 10.6 Å². The first-order valence-corrected chi connectivity index (χ1v) is 9.09. The molecular formula is C16H19N3O4S. The van der Waals surface area contributed by atoms with Crippen LogP contribution < -0.4 is 10.6 Å². The van der Waals surface area contributed by atoms with Gasteiger partial charge in [-0.25, -0.2) is 0 Å². The van der Waals surface area contributed by atoms with Crippen LogP contribution in [0.3, 0.4) is 0 Å². The molecule has 0 atom stereocenters. The molecule has 1 aromatic carbocycles. The zero-order valence-corrected chi connectivity index (χ0v) is 13.8. The summed E-state index contributed by atoms with van der Waals surface area (Å²) in [5, 5.41) is 14.7. The number of carbonyl (C=O) groups excluding carboxylic acids is 1. The van der Waals surface area contributed by atoms with Crippen molar-refractivity contribution in [1.29, 1.82) is 5.26 Å². The molecular weight excluding hydrogens is 330 g/mol. The number of hydrogen-bond donors (Lipinski definition) is 3. The van der Waals surface area contributed by atoms with Gasteiger partial charge in [0.1, 0.15) is 11.6 Å². The number of hydrogen-bond acceptors (Lipinski definition) is 5. The van der Waals surface area contributed by atoms with E-state index in [1.54, 1.807) is 0 Å². The topological polar surface area (TPSA) is 119 Å². The van der Waals surface area contributed by atoms with Gasteiger partial charge < -0.3 is 10.6 Å². The predicted octanol–water partition coefficient (Wildman–Crippen LogP) is 2.20. The minimum absolute atomic E-state index is 0.0561. The number of nitrogens with zero attached hydrogens (tertiary/aromatic N) is 1. The van der Waals surface area contributed by atoms with Crippen molar-refractivity contribution in [3.8, 4) is 6.07 Å². The monoisotopic (exact) mass is 349 g/mol. The third kappa shape index (κ3) is 5.08. The van der Waals surface area contributed by atoms with E-state index in [1.807, 2.05) is 6.07 Å². The Balaban J connectivity index is 1.99. The molecule has 3 N–H and O–H groups in total. The molecule has 1 aliphatic rings. The number of anilines is 1. The standard InChI is InChI=1S/C16H19N3O4S/c17-10-12(11-18-13-4-2-1-3-5-13)16(20)19-14-6-8-15(9-7-14)24(21,22)23/h6-9,11,13,18H,1-5H2,(H,19,20)(H,21,22,23)/b12-11-. The van der Waals surface area contributed by atoms with Gasteiger partial charge in [0, 0.05) is 17.9 Å². The van der Waals surface area contributed by atoms with Crippen LogP contribution in [-0.4, -0.2) is 24.9 Å². The van der Waals surface area contributed by atoms with E-state index in [1.165, 1.54) is 36.9 Å². The van der Waals surface area contributed by atoms with Crippen LogP contribution in [0.2, 0.25) is 0 Å². The molecule has 0 saturated heterocycles. The van der Waals surface area contributed by atoms with E-state index in [4.69, 9.17) is 9.81 Å². The van der Waals surface area contributed by atoms with Gasteiger partial charge in [0.25, 0.3) is 16.0 Å². The van der Waals surface area contributed by atoms with Gasteiger partial charge >= 0.3 is 0 Å². The van der Waals surface area contributed by atoms with Crippen LogP contribution >= 0.6 is 0 Å². The Hall–Kier alpha value is -2.37.